The lowest BCUT2D eigenvalue weighted by Crippen LogP contribution is -2.29. The maximum absolute atomic E-state index is 13.1. The summed E-state index contributed by atoms with van der Waals surface area (Å²) < 4.78 is 29.8. The number of benzene rings is 3. The Morgan fingerprint density at radius 2 is 1.81 bits per heavy atom. The third-order valence-electron chi connectivity index (χ3n) is 6.07. The maximum atomic E-state index is 13.1. The maximum Gasteiger partial charge on any atom is 0.261 e. The van der Waals surface area contributed by atoms with Crippen LogP contribution in [0.25, 0.3) is 0 Å². The van der Waals surface area contributed by atoms with Gasteiger partial charge in [-0.05, 0) is 65.9 Å². The molecule has 2 N–H and O–H groups in total. The number of halogens is 3. The van der Waals surface area contributed by atoms with Gasteiger partial charge in [-0.2, -0.15) is 0 Å². The monoisotopic (exact) mass is 548 g/mol. The zero-order valence-corrected chi connectivity index (χ0v) is 20.6. The van der Waals surface area contributed by atoms with E-state index in [2.05, 4.69) is 50.3 Å². The van der Waals surface area contributed by atoms with Crippen LogP contribution in [0.3, 0.4) is 0 Å². The molecule has 0 unspecified atom stereocenters. The van der Waals surface area contributed by atoms with Gasteiger partial charge in [-0.15, -0.1) is 0 Å². The van der Waals surface area contributed by atoms with Gasteiger partial charge in [0.1, 0.15) is 0 Å². The number of fused-ring (bicyclic) bond motifs is 3. The minimum Gasteiger partial charge on any atom is -0.378 e. The fraction of sp³-hybridized carbons (Fsp3) is 0.167. The summed E-state index contributed by atoms with van der Waals surface area (Å²) in [6.45, 7) is 0. The molecule has 1 heterocycles. The Labute approximate surface area is 205 Å². The Bertz CT molecular complexity index is 1330. The smallest absolute Gasteiger partial charge is 0.261 e. The van der Waals surface area contributed by atoms with E-state index < -0.39 is 10.0 Å². The molecule has 0 fully saturated rings. The van der Waals surface area contributed by atoms with E-state index in [1.807, 2.05) is 18.2 Å². The molecule has 8 heteroatoms. The molecule has 0 saturated carbocycles. The molecule has 4 nitrogen and oxygen atoms in total. The number of hydrogen-bond donors (Lipinski definition) is 2. The fourth-order valence-corrected chi connectivity index (χ4v) is 6.30. The molecule has 0 saturated heterocycles. The molecule has 32 heavy (non-hydrogen) atoms. The van der Waals surface area contributed by atoms with Crippen molar-refractivity contribution in [2.75, 3.05) is 10.0 Å². The molecule has 0 spiro atoms. The number of rotatable bonds is 4. The average molecular weight is 550 g/mol. The first-order valence-corrected chi connectivity index (χ1v) is 13.2. The van der Waals surface area contributed by atoms with Gasteiger partial charge >= 0.3 is 0 Å². The standard InChI is InChI=1S/C24H19BrCl2N2O2S/c25-15-9-7-14(8-10-15)24-18-4-1-3-17(18)19-13-16(11-12-21(19)28-24)32(30,31)29-22-6-2-5-20(26)23(22)27/h1-3,5-13,17-18,24,28-29H,4H2/t17-,18+,24+/m1/s1. The Kier molecular flexibility index (Phi) is 5.74. The van der Waals surface area contributed by atoms with E-state index in [-0.39, 0.29) is 27.6 Å². The van der Waals surface area contributed by atoms with Crippen LogP contribution in [0.4, 0.5) is 11.4 Å². The summed E-state index contributed by atoms with van der Waals surface area (Å²) in [5.41, 5.74) is 3.40. The van der Waals surface area contributed by atoms with E-state index in [1.165, 1.54) is 5.56 Å². The third kappa shape index (κ3) is 3.94. The van der Waals surface area contributed by atoms with Crippen molar-refractivity contribution in [1.29, 1.82) is 0 Å². The zero-order valence-electron chi connectivity index (χ0n) is 16.7. The van der Waals surface area contributed by atoms with Crippen LogP contribution < -0.4 is 10.0 Å². The summed E-state index contributed by atoms with van der Waals surface area (Å²) in [4.78, 5) is 0.190. The lowest BCUT2D eigenvalue weighted by molar-refractivity contribution is 0.425. The predicted octanol–water partition coefficient (Wildman–Crippen LogP) is 7.38. The second kappa shape index (κ2) is 8.41. The quantitative estimate of drug-likeness (QED) is 0.334. The molecule has 1 aliphatic carbocycles. The summed E-state index contributed by atoms with van der Waals surface area (Å²) >= 11 is 15.7. The Hall–Kier alpha value is -1.99. The summed E-state index contributed by atoms with van der Waals surface area (Å²) in [6.07, 6.45) is 5.31. The van der Waals surface area contributed by atoms with Crippen LogP contribution in [0.15, 0.2) is 82.2 Å². The molecule has 1 aliphatic heterocycles. The molecular weight excluding hydrogens is 531 g/mol. The van der Waals surface area contributed by atoms with Gasteiger partial charge in [0.2, 0.25) is 0 Å². The van der Waals surface area contributed by atoms with Crippen LogP contribution in [-0.4, -0.2) is 8.42 Å². The van der Waals surface area contributed by atoms with Gasteiger partial charge in [0.15, 0.2) is 0 Å². The van der Waals surface area contributed by atoms with Crippen LogP contribution in [0.5, 0.6) is 0 Å². The first-order valence-electron chi connectivity index (χ1n) is 10.1. The van der Waals surface area contributed by atoms with E-state index in [0.717, 1.165) is 22.1 Å². The molecule has 164 valence electrons. The van der Waals surface area contributed by atoms with E-state index >= 15 is 0 Å². The van der Waals surface area contributed by atoms with E-state index in [1.54, 1.807) is 30.3 Å². The van der Waals surface area contributed by atoms with Crippen LogP contribution >= 0.6 is 39.1 Å². The van der Waals surface area contributed by atoms with Crippen molar-refractivity contribution in [3.05, 3.63) is 98.5 Å². The van der Waals surface area contributed by atoms with E-state index in [0.29, 0.717) is 10.9 Å². The van der Waals surface area contributed by atoms with Gasteiger partial charge < -0.3 is 5.32 Å². The molecule has 0 aromatic heterocycles. The Morgan fingerprint density at radius 1 is 1.03 bits per heavy atom. The minimum atomic E-state index is -3.84. The third-order valence-corrected chi connectivity index (χ3v) is 8.78. The predicted molar refractivity (Wildman–Crippen MR) is 134 cm³/mol. The normalized spacial score (nSPS) is 21.5. The van der Waals surface area contributed by atoms with Crippen LogP contribution in [0, 0.1) is 5.92 Å². The minimum absolute atomic E-state index is 0.143. The molecule has 3 aromatic rings. The van der Waals surface area contributed by atoms with Crippen molar-refractivity contribution in [3.63, 3.8) is 0 Å². The number of hydrogen-bond acceptors (Lipinski definition) is 3. The number of allylic oxidation sites excluding steroid dienone is 2. The lowest BCUT2D eigenvalue weighted by Gasteiger charge is -2.37. The highest BCUT2D eigenvalue weighted by Gasteiger charge is 2.38. The largest absolute Gasteiger partial charge is 0.378 e. The van der Waals surface area contributed by atoms with Crippen molar-refractivity contribution >= 4 is 60.5 Å². The highest BCUT2D eigenvalue weighted by molar-refractivity contribution is 9.10. The van der Waals surface area contributed by atoms with Crippen LogP contribution in [-0.2, 0) is 10.0 Å². The van der Waals surface area contributed by atoms with E-state index in [9.17, 15) is 8.42 Å². The summed E-state index contributed by atoms with van der Waals surface area (Å²) in [7, 11) is -3.84. The first kappa shape index (κ1) is 21.8. The van der Waals surface area contributed by atoms with Gasteiger partial charge in [-0.25, -0.2) is 8.42 Å². The van der Waals surface area contributed by atoms with Crippen molar-refractivity contribution in [2.45, 2.75) is 23.3 Å². The summed E-state index contributed by atoms with van der Waals surface area (Å²) in [5.74, 6) is 0.460. The number of anilines is 2. The van der Waals surface area contributed by atoms with Crippen molar-refractivity contribution in [3.8, 4) is 0 Å². The van der Waals surface area contributed by atoms with Gasteiger partial charge in [-0.1, -0.05) is 69.5 Å². The summed E-state index contributed by atoms with van der Waals surface area (Å²) in [5, 5.41) is 4.11. The van der Waals surface area contributed by atoms with Crippen molar-refractivity contribution in [2.24, 2.45) is 5.92 Å². The number of nitrogens with one attached hydrogen (secondary N) is 2. The molecule has 2 aliphatic rings. The SMILES string of the molecule is O=S(=O)(Nc1cccc(Cl)c1Cl)c1ccc2c(c1)[C@@H]1C=CC[C@@H]1[C@H](c1ccc(Br)cc1)N2. The molecule has 5 rings (SSSR count). The average Bonchev–Trinajstić information content (AvgIpc) is 3.27. The highest BCUT2D eigenvalue weighted by atomic mass is 79.9. The second-order valence-electron chi connectivity index (χ2n) is 7.98. The fourth-order valence-electron chi connectivity index (χ4n) is 4.53. The molecule has 0 radical (unpaired) electrons. The van der Waals surface area contributed by atoms with Gasteiger partial charge in [0.25, 0.3) is 10.0 Å². The topological polar surface area (TPSA) is 58.2 Å². The Balaban J connectivity index is 1.49. The second-order valence-corrected chi connectivity index (χ2v) is 11.4. The number of sulfonamides is 1. The molecular formula is C24H19BrCl2N2O2S. The van der Waals surface area contributed by atoms with Gasteiger partial charge in [0, 0.05) is 16.1 Å². The molecule has 3 aromatic carbocycles. The molecule has 0 amide bonds. The van der Waals surface area contributed by atoms with Gasteiger partial charge in [0.05, 0.1) is 26.7 Å². The zero-order chi connectivity index (χ0) is 22.5. The first-order chi connectivity index (χ1) is 15.3. The van der Waals surface area contributed by atoms with Crippen LogP contribution in [0.2, 0.25) is 10.0 Å². The molecule has 0 bridgehead atoms. The van der Waals surface area contributed by atoms with E-state index in [4.69, 9.17) is 23.2 Å². The molecule has 3 atom stereocenters. The highest BCUT2D eigenvalue weighted by Crippen LogP contribution is 2.50. The van der Waals surface area contributed by atoms with Crippen LogP contribution in [0.1, 0.15) is 29.5 Å². The Morgan fingerprint density at radius 3 is 2.59 bits per heavy atom. The van der Waals surface area contributed by atoms with Crippen molar-refractivity contribution in [1.82, 2.24) is 0 Å². The van der Waals surface area contributed by atoms with Crippen molar-refractivity contribution < 1.29 is 8.42 Å². The lowest BCUT2D eigenvalue weighted by atomic mass is 9.77. The van der Waals surface area contributed by atoms with Gasteiger partial charge in [-0.3, -0.25) is 4.72 Å². The summed E-state index contributed by atoms with van der Waals surface area (Å²) in [6, 6.07) is 18.6.